The van der Waals surface area contributed by atoms with Gasteiger partial charge in [0.05, 0.1) is 36.3 Å². The van der Waals surface area contributed by atoms with Crippen LogP contribution in [0, 0.1) is 0 Å². The van der Waals surface area contributed by atoms with Crippen LogP contribution in [-0.2, 0) is 32.2 Å². The highest BCUT2D eigenvalue weighted by atomic mass is 32.2. The molecule has 1 N–H and O–H groups in total. The Hall–Kier alpha value is -3.20. The molecule has 0 atom stereocenters. The second kappa shape index (κ2) is 13.9. The first-order chi connectivity index (χ1) is 17.5. The molecule has 8 nitrogen and oxygen atoms in total. The molecule has 0 heterocycles. The van der Waals surface area contributed by atoms with Gasteiger partial charge in [0.2, 0.25) is 0 Å². The Labute approximate surface area is 218 Å². The smallest absolute Gasteiger partial charge is 0.305 e. The largest absolute Gasteiger partial charge is 0.507 e. The number of Topliss-reactive ketones (excluding diaryl/α,β-unsaturated/α-hetero) is 2. The minimum Gasteiger partial charge on any atom is -0.507 e. The van der Waals surface area contributed by atoms with E-state index in [0.29, 0.717) is 41.7 Å². The number of aryl methyl sites for hydroxylation is 1. The highest BCUT2D eigenvalue weighted by Gasteiger charge is 2.21. The third-order valence-electron chi connectivity index (χ3n) is 5.95. The van der Waals surface area contributed by atoms with Crippen LogP contribution < -0.4 is 4.74 Å². The van der Waals surface area contributed by atoms with E-state index in [2.05, 4.69) is 4.74 Å². The van der Waals surface area contributed by atoms with Crippen LogP contribution in [0.2, 0.25) is 0 Å². The maximum Gasteiger partial charge on any atom is 0.305 e. The van der Waals surface area contributed by atoms with Gasteiger partial charge >= 0.3 is 5.97 Å². The minimum absolute atomic E-state index is 0.00928. The summed E-state index contributed by atoms with van der Waals surface area (Å²) < 4.78 is 36.6. The number of methoxy groups -OCH3 is 1. The minimum atomic E-state index is -3.65. The van der Waals surface area contributed by atoms with Crippen molar-refractivity contribution in [1.29, 1.82) is 0 Å². The molecule has 37 heavy (non-hydrogen) atoms. The molecule has 0 aliphatic rings. The van der Waals surface area contributed by atoms with E-state index >= 15 is 0 Å². The van der Waals surface area contributed by atoms with Crippen molar-refractivity contribution in [2.75, 3.05) is 19.5 Å². The number of hydrogen-bond acceptors (Lipinski definition) is 8. The van der Waals surface area contributed by atoms with Crippen molar-refractivity contribution < 1.29 is 37.4 Å². The zero-order valence-corrected chi connectivity index (χ0v) is 22.8. The Morgan fingerprint density at radius 3 is 2.30 bits per heavy atom. The van der Waals surface area contributed by atoms with Crippen molar-refractivity contribution >= 4 is 27.4 Å². The van der Waals surface area contributed by atoms with Crippen molar-refractivity contribution in [3.63, 3.8) is 0 Å². The molecule has 0 aromatic heterocycles. The first kappa shape index (κ1) is 30.0. The molecule has 0 bridgehead atoms. The molecule has 0 aliphatic carbocycles. The number of rotatable bonds is 15. The van der Waals surface area contributed by atoms with E-state index in [1.165, 1.54) is 32.2 Å². The van der Waals surface area contributed by atoms with Crippen molar-refractivity contribution in [2.45, 2.75) is 70.6 Å². The van der Waals surface area contributed by atoms with Gasteiger partial charge in [-0.05, 0) is 56.0 Å². The molecule has 2 rings (SSSR count). The second-order valence-corrected chi connectivity index (χ2v) is 10.9. The van der Waals surface area contributed by atoms with Gasteiger partial charge in [0.1, 0.15) is 11.5 Å². The molecule has 2 aromatic carbocycles. The molecule has 202 valence electrons. The third kappa shape index (κ3) is 8.15. The van der Waals surface area contributed by atoms with Crippen molar-refractivity contribution in [3.05, 3.63) is 52.6 Å². The number of esters is 1. The number of carbonyl (C=O) groups is 3. The van der Waals surface area contributed by atoms with Gasteiger partial charge in [-0.15, -0.1) is 0 Å². The molecule has 2 aromatic rings. The van der Waals surface area contributed by atoms with Crippen LogP contribution in [0.15, 0.2) is 35.2 Å². The first-order valence-corrected chi connectivity index (χ1v) is 14.1. The monoisotopic (exact) mass is 532 g/mol. The molecule has 0 saturated heterocycles. The molecule has 0 amide bonds. The zero-order chi connectivity index (χ0) is 27.6. The summed E-state index contributed by atoms with van der Waals surface area (Å²) in [5.74, 6) is -0.780. The fraction of sp³-hybridized carbons (Fsp3) is 0.464. The lowest BCUT2D eigenvalue weighted by atomic mass is 10.0. The number of phenols is 1. The van der Waals surface area contributed by atoms with Gasteiger partial charge in [0, 0.05) is 17.5 Å². The van der Waals surface area contributed by atoms with Crippen LogP contribution in [0.5, 0.6) is 11.5 Å². The quantitative estimate of drug-likeness (QED) is 0.196. The van der Waals surface area contributed by atoms with E-state index in [-0.39, 0.29) is 59.4 Å². The molecule has 0 aliphatic heterocycles. The average molecular weight is 533 g/mol. The van der Waals surface area contributed by atoms with Crippen LogP contribution in [-0.4, -0.2) is 50.5 Å². The average Bonchev–Trinajstić information content (AvgIpc) is 2.86. The van der Waals surface area contributed by atoms with Gasteiger partial charge in [-0.25, -0.2) is 8.42 Å². The van der Waals surface area contributed by atoms with E-state index in [4.69, 9.17) is 4.74 Å². The third-order valence-corrected chi connectivity index (χ3v) is 7.85. The molecule has 0 radical (unpaired) electrons. The predicted molar refractivity (Wildman–Crippen MR) is 140 cm³/mol. The van der Waals surface area contributed by atoms with Gasteiger partial charge in [0.25, 0.3) is 0 Å². The van der Waals surface area contributed by atoms with Gasteiger partial charge < -0.3 is 14.6 Å². The lowest BCUT2D eigenvalue weighted by Crippen LogP contribution is -2.14. The summed E-state index contributed by atoms with van der Waals surface area (Å²) >= 11 is 0. The number of benzene rings is 2. The summed E-state index contributed by atoms with van der Waals surface area (Å²) in [7, 11) is -2.39. The highest BCUT2D eigenvalue weighted by molar-refractivity contribution is 7.91. The molecule has 0 fully saturated rings. The van der Waals surface area contributed by atoms with E-state index in [9.17, 15) is 27.9 Å². The highest BCUT2D eigenvalue weighted by Crippen LogP contribution is 2.33. The fourth-order valence-electron chi connectivity index (χ4n) is 4.05. The molecular weight excluding hydrogens is 496 g/mol. The van der Waals surface area contributed by atoms with E-state index in [1.54, 1.807) is 12.1 Å². The number of ether oxygens (including phenoxy) is 2. The standard InChI is InChI=1S/C28H36O8S/c1-5-8-21-18-20(24(30)12-15-27(31)35-4)10-14-26(21)37(33,34)17-7-16-36-25-13-11-22(19(3)29)28(32)23(25)9-6-2/h10-11,13-14,18,32H,5-9,12,15-17H2,1-4H3. The van der Waals surface area contributed by atoms with Gasteiger partial charge in [-0.3, -0.25) is 14.4 Å². The van der Waals surface area contributed by atoms with E-state index in [0.717, 1.165) is 6.42 Å². The van der Waals surface area contributed by atoms with Gasteiger partial charge in [-0.1, -0.05) is 32.8 Å². The normalized spacial score (nSPS) is 11.2. The number of ketones is 2. The number of sulfone groups is 1. The van der Waals surface area contributed by atoms with Crippen LogP contribution in [0.4, 0.5) is 0 Å². The Morgan fingerprint density at radius 1 is 0.973 bits per heavy atom. The Kier molecular flexibility index (Phi) is 11.3. The first-order valence-electron chi connectivity index (χ1n) is 12.5. The Bertz CT molecular complexity index is 1230. The Balaban J connectivity index is 2.12. The fourth-order valence-corrected chi connectivity index (χ4v) is 5.61. The zero-order valence-electron chi connectivity index (χ0n) is 22.0. The Morgan fingerprint density at radius 2 is 1.68 bits per heavy atom. The van der Waals surface area contributed by atoms with Crippen LogP contribution in [0.1, 0.15) is 84.7 Å². The summed E-state index contributed by atoms with van der Waals surface area (Å²) in [6, 6.07) is 7.69. The summed E-state index contributed by atoms with van der Waals surface area (Å²) in [4.78, 5) is 35.7. The number of aromatic hydroxyl groups is 1. The predicted octanol–water partition coefficient (Wildman–Crippen LogP) is 4.88. The van der Waals surface area contributed by atoms with Crippen LogP contribution in [0.25, 0.3) is 0 Å². The number of phenolic OH excluding ortho intramolecular Hbond substituents is 1. The summed E-state index contributed by atoms with van der Waals surface area (Å²) in [5, 5.41) is 10.5. The molecule has 9 heteroatoms. The molecule has 0 saturated carbocycles. The van der Waals surface area contributed by atoms with Crippen molar-refractivity contribution in [1.82, 2.24) is 0 Å². The van der Waals surface area contributed by atoms with Crippen molar-refractivity contribution in [2.24, 2.45) is 0 Å². The van der Waals surface area contributed by atoms with E-state index < -0.39 is 15.8 Å². The lowest BCUT2D eigenvalue weighted by molar-refractivity contribution is -0.140. The summed E-state index contributed by atoms with van der Waals surface area (Å²) in [6.45, 7) is 5.37. The molecule has 0 spiro atoms. The van der Waals surface area contributed by atoms with E-state index in [1.807, 2.05) is 13.8 Å². The van der Waals surface area contributed by atoms with Crippen molar-refractivity contribution in [3.8, 4) is 11.5 Å². The van der Waals surface area contributed by atoms with Gasteiger partial charge in [-0.2, -0.15) is 0 Å². The molecular formula is C28H36O8S. The van der Waals surface area contributed by atoms with Gasteiger partial charge in [0.15, 0.2) is 21.4 Å². The maximum atomic E-state index is 13.1. The number of hydrogen-bond donors (Lipinski definition) is 1. The summed E-state index contributed by atoms with van der Waals surface area (Å²) in [6.07, 6.45) is 2.62. The van der Waals surface area contributed by atoms with Crippen LogP contribution >= 0.6 is 0 Å². The summed E-state index contributed by atoms with van der Waals surface area (Å²) in [5.41, 5.74) is 1.71. The lowest BCUT2D eigenvalue weighted by Gasteiger charge is -2.15. The topological polar surface area (TPSA) is 124 Å². The second-order valence-electron chi connectivity index (χ2n) is 8.84. The molecule has 0 unspecified atom stereocenters. The number of carbonyl (C=O) groups excluding carboxylic acids is 3. The van der Waals surface area contributed by atoms with Crippen LogP contribution in [0.3, 0.4) is 0 Å². The maximum absolute atomic E-state index is 13.1. The SMILES string of the molecule is CCCc1cc(C(=O)CCC(=O)OC)ccc1S(=O)(=O)CCCOc1ccc(C(C)=O)c(O)c1CCC.